The second-order valence-corrected chi connectivity index (χ2v) is 4.02. The van der Waals surface area contributed by atoms with Crippen LogP contribution in [0.25, 0.3) is 0 Å². The molecule has 3 nitrogen and oxygen atoms in total. The highest BCUT2D eigenvalue weighted by Crippen LogP contribution is 2.36. The Morgan fingerprint density at radius 3 is 2.82 bits per heavy atom. The number of nitrogens with zero attached hydrogens (tertiary/aromatic N) is 1. The number of hydrazine groups is 1. The zero-order valence-electron chi connectivity index (χ0n) is 7.05. The molecule has 0 aromatic rings. The minimum Gasteiger partial charge on any atom is -0.373 e. The van der Waals surface area contributed by atoms with E-state index in [0.717, 1.165) is 19.7 Å². The summed E-state index contributed by atoms with van der Waals surface area (Å²) in [6, 6.07) is 0. The van der Waals surface area contributed by atoms with Crippen LogP contribution in [-0.4, -0.2) is 30.3 Å². The number of ether oxygens (including phenoxy) is 1. The Hall–Kier alpha value is -0.120. The molecular formula is C8H16N2O. The second kappa shape index (κ2) is 2.44. The molecule has 0 amide bonds. The topological polar surface area (TPSA) is 38.5 Å². The highest BCUT2D eigenvalue weighted by atomic mass is 16.5. The lowest BCUT2D eigenvalue weighted by Crippen LogP contribution is -2.59. The van der Waals surface area contributed by atoms with Gasteiger partial charge >= 0.3 is 0 Å². The monoisotopic (exact) mass is 156 g/mol. The van der Waals surface area contributed by atoms with Gasteiger partial charge in [0.15, 0.2) is 0 Å². The van der Waals surface area contributed by atoms with E-state index in [9.17, 15) is 0 Å². The van der Waals surface area contributed by atoms with E-state index in [2.05, 4.69) is 6.92 Å². The molecule has 2 N–H and O–H groups in total. The molecule has 2 heterocycles. The zero-order valence-corrected chi connectivity index (χ0v) is 7.05. The molecule has 64 valence electrons. The van der Waals surface area contributed by atoms with Gasteiger partial charge in [0, 0.05) is 19.5 Å². The van der Waals surface area contributed by atoms with Crippen molar-refractivity contribution in [2.75, 3.05) is 19.7 Å². The van der Waals surface area contributed by atoms with Crippen molar-refractivity contribution in [3.05, 3.63) is 0 Å². The molecular weight excluding hydrogens is 140 g/mol. The van der Waals surface area contributed by atoms with Crippen LogP contribution in [-0.2, 0) is 4.74 Å². The molecule has 2 aliphatic heterocycles. The first-order valence-electron chi connectivity index (χ1n) is 4.34. The Morgan fingerprint density at radius 1 is 1.64 bits per heavy atom. The van der Waals surface area contributed by atoms with Crippen molar-refractivity contribution in [2.24, 2.45) is 11.8 Å². The first-order chi connectivity index (χ1) is 5.20. The van der Waals surface area contributed by atoms with Crippen molar-refractivity contribution in [3.63, 3.8) is 0 Å². The molecule has 0 saturated carbocycles. The fraction of sp³-hybridized carbons (Fsp3) is 1.00. The summed E-state index contributed by atoms with van der Waals surface area (Å²) >= 11 is 0. The van der Waals surface area contributed by atoms with Gasteiger partial charge in [-0.1, -0.05) is 6.92 Å². The summed E-state index contributed by atoms with van der Waals surface area (Å²) in [7, 11) is 0. The van der Waals surface area contributed by atoms with Crippen molar-refractivity contribution in [3.8, 4) is 0 Å². The molecule has 2 aliphatic rings. The van der Waals surface area contributed by atoms with Gasteiger partial charge in [-0.05, 0) is 12.3 Å². The largest absolute Gasteiger partial charge is 0.373 e. The summed E-state index contributed by atoms with van der Waals surface area (Å²) in [6.07, 6.45) is 2.39. The SMILES string of the molecule is CC1CN(N)CC2(CCO2)C1. The van der Waals surface area contributed by atoms with Crippen LogP contribution in [0.5, 0.6) is 0 Å². The molecule has 0 bridgehead atoms. The van der Waals surface area contributed by atoms with Crippen LogP contribution in [0.4, 0.5) is 0 Å². The fourth-order valence-electron chi connectivity index (χ4n) is 2.28. The average Bonchev–Trinajstić information content (AvgIpc) is 1.82. The molecule has 2 atom stereocenters. The van der Waals surface area contributed by atoms with Gasteiger partial charge in [-0.2, -0.15) is 0 Å². The van der Waals surface area contributed by atoms with Crippen LogP contribution in [0.3, 0.4) is 0 Å². The third kappa shape index (κ3) is 1.28. The maximum Gasteiger partial charge on any atom is 0.0847 e. The van der Waals surface area contributed by atoms with Crippen LogP contribution in [0.2, 0.25) is 0 Å². The summed E-state index contributed by atoms with van der Waals surface area (Å²) in [5, 5.41) is 1.90. The van der Waals surface area contributed by atoms with Gasteiger partial charge in [-0.3, -0.25) is 5.84 Å². The molecule has 0 radical (unpaired) electrons. The number of hydrogen-bond donors (Lipinski definition) is 1. The van der Waals surface area contributed by atoms with Crippen molar-refractivity contribution in [1.82, 2.24) is 5.01 Å². The molecule has 11 heavy (non-hydrogen) atoms. The highest BCUT2D eigenvalue weighted by molar-refractivity contribution is 4.94. The molecule has 2 rings (SSSR count). The summed E-state index contributed by atoms with van der Waals surface area (Å²) in [4.78, 5) is 0. The van der Waals surface area contributed by atoms with E-state index in [1.54, 1.807) is 0 Å². The van der Waals surface area contributed by atoms with Gasteiger partial charge in [0.2, 0.25) is 0 Å². The van der Waals surface area contributed by atoms with Crippen molar-refractivity contribution in [2.45, 2.75) is 25.4 Å². The normalized spacial score (nSPS) is 45.8. The van der Waals surface area contributed by atoms with Gasteiger partial charge in [0.05, 0.1) is 12.2 Å². The van der Waals surface area contributed by atoms with E-state index in [-0.39, 0.29) is 5.60 Å². The van der Waals surface area contributed by atoms with E-state index >= 15 is 0 Å². The molecule has 0 aliphatic carbocycles. The predicted molar refractivity (Wildman–Crippen MR) is 42.8 cm³/mol. The minimum atomic E-state index is 0.145. The Kier molecular flexibility index (Phi) is 1.67. The highest BCUT2D eigenvalue weighted by Gasteiger charge is 2.43. The number of nitrogens with two attached hydrogens (primary N) is 1. The van der Waals surface area contributed by atoms with Crippen LogP contribution in [0.1, 0.15) is 19.8 Å². The van der Waals surface area contributed by atoms with Crippen LogP contribution in [0.15, 0.2) is 0 Å². The summed E-state index contributed by atoms with van der Waals surface area (Å²) in [5.74, 6) is 6.45. The number of rotatable bonds is 0. The van der Waals surface area contributed by atoms with Crippen LogP contribution < -0.4 is 5.84 Å². The summed E-state index contributed by atoms with van der Waals surface area (Å²) < 4.78 is 5.58. The van der Waals surface area contributed by atoms with Crippen molar-refractivity contribution >= 4 is 0 Å². The lowest BCUT2D eigenvalue weighted by Gasteiger charge is -2.49. The fourth-order valence-corrected chi connectivity index (χ4v) is 2.28. The first kappa shape index (κ1) is 7.53. The Labute approximate surface area is 67.5 Å². The average molecular weight is 156 g/mol. The van der Waals surface area contributed by atoms with E-state index in [1.165, 1.54) is 12.8 Å². The van der Waals surface area contributed by atoms with E-state index in [1.807, 2.05) is 5.01 Å². The van der Waals surface area contributed by atoms with Crippen molar-refractivity contribution in [1.29, 1.82) is 0 Å². The molecule has 2 saturated heterocycles. The lowest BCUT2D eigenvalue weighted by atomic mass is 9.82. The smallest absolute Gasteiger partial charge is 0.0847 e. The van der Waals surface area contributed by atoms with E-state index in [4.69, 9.17) is 10.6 Å². The first-order valence-corrected chi connectivity index (χ1v) is 4.34. The Morgan fingerprint density at radius 2 is 2.36 bits per heavy atom. The lowest BCUT2D eigenvalue weighted by molar-refractivity contribution is -0.186. The molecule has 0 aromatic heterocycles. The van der Waals surface area contributed by atoms with Gasteiger partial charge in [-0.25, -0.2) is 5.01 Å². The predicted octanol–water partition coefficient (Wildman–Crippen LogP) is 0.361. The summed E-state index contributed by atoms with van der Waals surface area (Å²) in [6.45, 7) is 5.12. The standard InChI is InChI=1S/C8H16N2O/c1-7-4-8(2-3-11-8)6-10(9)5-7/h7H,2-6,9H2,1H3. The Balaban J connectivity index is 2.00. The molecule has 0 aromatic carbocycles. The molecule has 2 unspecified atom stereocenters. The molecule has 3 heteroatoms. The van der Waals surface area contributed by atoms with Crippen molar-refractivity contribution < 1.29 is 4.74 Å². The minimum absolute atomic E-state index is 0.145. The van der Waals surface area contributed by atoms with E-state index < -0.39 is 0 Å². The molecule has 1 spiro atoms. The number of piperidine rings is 1. The summed E-state index contributed by atoms with van der Waals surface area (Å²) in [5.41, 5.74) is 0.145. The third-order valence-corrected chi connectivity index (χ3v) is 2.72. The van der Waals surface area contributed by atoms with Gasteiger partial charge in [0.25, 0.3) is 0 Å². The van der Waals surface area contributed by atoms with Crippen LogP contribution in [0, 0.1) is 5.92 Å². The van der Waals surface area contributed by atoms with Gasteiger partial charge in [-0.15, -0.1) is 0 Å². The van der Waals surface area contributed by atoms with Gasteiger partial charge < -0.3 is 4.74 Å². The maximum absolute atomic E-state index is 5.76. The number of hydrogen-bond acceptors (Lipinski definition) is 3. The van der Waals surface area contributed by atoms with E-state index in [0.29, 0.717) is 5.92 Å². The molecule has 2 fully saturated rings. The third-order valence-electron chi connectivity index (χ3n) is 2.72. The Bertz CT molecular complexity index is 144. The van der Waals surface area contributed by atoms with Crippen LogP contribution >= 0.6 is 0 Å². The second-order valence-electron chi connectivity index (χ2n) is 4.02. The maximum atomic E-state index is 5.76. The van der Waals surface area contributed by atoms with Gasteiger partial charge in [0.1, 0.15) is 0 Å². The zero-order chi connectivity index (χ0) is 7.90. The quantitative estimate of drug-likeness (QED) is 0.515.